The summed E-state index contributed by atoms with van der Waals surface area (Å²) in [5, 5.41) is 8.32. The van der Waals surface area contributed by atoms with Gasteiger partial charge in [0, 0.05) is 36.0 Å². The largest absolute Gasteiger partial charge is 0.313 e. The Morgan fingerprint density at radius 3 is 2.81 bits per heavy atom. The van der Waals surface area contributed by atoms with Gasteiger partial charge in [0.05, 0.1) is 6.20 Å². The van der Waals surface area contributed by atoms with E-state index in [-0.39, 0.29) is 0 Å². The molecule has 2 atom stereocenters. The molecule has 0 saturated carbocycles. The molecule has 0 aliphatic heterocycles. The lowest BCUT2D eigenvalue weighted by molar-refractivity contribution is 0.511. The molecule has 0 radical (unpaired) electrons. The zero-order valence-corrected chi connectivity index (χ0v) is 11.5. The van der Waals surface area contributed by atoms with Gasteiger partial charge in [0.15, 0.2) is 0 Å². The number of hydrogen-bond donors (Lipinski definition) is 1. The Kier molecular flexibility index (Phi) is 5.91. The van der Waals surface area contributed by atoms with Crippen molar-refractivity contribution in [3.05, 3.63) is 12.4 Å². The summed E-state index contributed by atoms with van der Waals surface area (Å²) in [4.78, 5) is 1.25. The molecule has 1 aromatic heterocycles. The summed E-state index contributed by atoms with van der Waals surface area (Å²) in [5.41, 5.74) is 0. The van der Waals surface area contributed by atoms with Gasteiger partial charge in [-0.3, -0.25) is 4.68 Å². The van der Waals surface area contributed by atoms with Gasteiger partial charge in [0.2, 0.25) is 0 Å². The monoisotopic (exact) mass is 241 g/mol. The maximum atomic E-state index is 4.17. The van der Waals surface area contributed by atoms with Crippen molar-refractivity contribution in [1.82, 2.24) is 15.1 Å². The van der Waals surface area contributed by atoms with Crippen LogP contribution < -0.4 is 5.32 Å². The van der Waals surface area contributed by atoms with Gasteiger partial charge in [-0.05, 0) is 13.3 Å². The Bertz CT molecular complexity index is 298. The molecule has 3 nitrogen and oxygen atoms in total. The van der Waals surface area contributed by atoms with E-state index in [2.05, 4.69) is 37.4 Å². The second kappa shape index (κ2) is 6.97. The highest BCUT2D eigenvalue weighted by molar-refractivity contribution is 8.00. The molecule has 0 aliphatic rings. The van der Waals surface area contributed by atoms with Gasteiger partial charge in [0.1, 0.15) is 0 Å². The van der Waals surface area contributed by atoms with Crippen molar-refractivity contribution < 1.29 is 0 Å². The van der Waals surface area contributed by atoms with E-state index in [1.165, 1.54) is 17.7 Å². The zero-order chi connectivity index (χ0) is 12.0. The molecule has 1 heterocycles. The molecule has 16 heavy (non-hydrogen) atoms. The molecule has 0 aliphatic carbocycles. The van der Waals surface area contributed by atoms with Crippen LogP contribution in [0.2, 0.25) is 0 Å². The van der Waals surface area contributed by atoms with E-state index >= 15 is 0 Å². The van der Waals surface area contributed by atoms with Crippen LogP contribution in [0, 0.1) is 0 Å². The van der Waals surface area contributed by atoms with Crippen molar-refractivity contribution in [3.8, 4) is 0 Å². The number of rotatable bonds is 7. The van der Waals surface area contributed by atoms with Crippen molar-refractivity contribution in [2.24, 2.45) is 7.05 Å². The average Bonchev–Trinajstić information content (AvgIpc) is 2.61. The van der Waals surface area contributed by atoms with Crippen molar-refractivity contribution >= 4 is 11.8 Å². The summed E-state index contributed by atoms with van der Waals surface area (Å²) < 4.78 is 1.85. The zero-order valence-electron chi connectivity index (χ0n) is 10.7. The molecule has 92 valence electrons. The summed E-state index contributed by atoms with van der Waals surface area (Å²) in [7, 11) is 1.95. The van der Waals surface area contributed by atoms with E-state index in [4.69, 9.17) is 0 Å². The number of nitrogens with zero attached hydrogens (tertiary/aromatic N) is 2. The number of aryl methyl sites for hydroxylation is 1. The van der Waals surface area contributed by atoms with Gasteiger partial charge in [-0.1, -0.05) is 20.3 Å². The minimum absolute atomic E-state index is 0.587. The van der Waals surface area contributed by atoms with Crippen LogP contribution >= 0.6 is 11.8 Å². The van der Waals surface area contributed by atoms with Crippen molar-refractivity contribution in [2.75, 3.05) is 6.54 Å². The quantitative estimate of drug-likeness (QED) is 0.744. The molecule has 2 unspecified atom stereocenters. The second-order valence-corrected chi connectivity index (χ2v) is 5.89. The van der Waals surface area contributed by atoms with E-state index in [9.17, 15) is 0 Å². The normalized spacial score (nSPS) is 15.0. The third kappa shape index (κ3) is 5.03. The fraction of sp³-hybridized carbons (Fsp3) is 0.750. The predicted octanol–water partition coefficient (Wildman–Crippen LogP) is 2.68. The van der Waals surface area contributed by atoms with Crippen LogP contribution in [-0.4, -0.2) is 27.6 Å². The van der Waals surface area contributed by atoms with E-state index in [0.717, 1.165) is 6.54 Å². The smallest absolute Gasteiger partial charge is 0.0625 e. The molecule has 0 amide bonds. The molecular formula is C12H23N3S. The molecule has 0 spiro atoms. The number of aromatic nitrogens is 2. The summed E-state index contributed by atoms with van der Waals surface area (Å²) >= 11 is 1.88. The van der Waals surface area contributed by atoms with Gasteiger partial charge in [0.25, 0.3) is 0 Å². The molecular weight excluding hydrogens is 218 g/mol. The molecule has 1 aromatic rings. The van der Waals surface area contributed by atoms with Crippen LogP contribution in [0.25, 0.3) is 0 Å². The molecule has 0 saturated heterocycles. The van der Waals surface area contributed by atoms with E-state index in [0.29, 0.717) is 11.3 Å². The summed E-state index contributed by atoms with van der Waals surface area (Å²) in [5.74, 6) is 0. The number of hydrogen-bond acceptors (Lipinski definition) is 3. The molecule has 0 fully saturated rings. The minimum Gasteiger partial charge on any atom is -0.313 e. The van der Waals surface area contributed by atoms with Crippen LogP contribution in [0.15, 0.2) is 17.3 Å². The topological polar surface area (TPSA) is 29.9 Å². The highest BCUT2D eigenvalue weighted by Gasteiger charge is 2.07. The van der Waals surface area contributed by atoms with E-state index in [1.54, 1.807) is 0 Å². The summed E-state index contributed by atoms with van der Waals surface area (Å²) in [6.45, 7) is 7.79. The highest BCUT2D eigenvalue weighted by atomic mass is 32.2. The van der Waals surface area contributed by atoms with E-state index < -0.39 is 0 Å². The predicted molar refractivity (Wildman–Crippen MR) is 70.9 cm³/mol. The van der Waals surface area contributed by atoms with Crippen LogP contribution in [0.4, 0.5) is 0 Å². The molecule has 1 rings (SSSR count). The van der Waals surface area contributed by atoms with Gasteiger partial charge in [-0.15, -0.1) is 11.8 Å². The molecule has 0 bridgehead atoms. The van der Waals surface area contributed by atoms with Crippen LogP contribution in [0.3, 0.4) is 0 Å². The third-order valence-electron chi connectivity index (χ3n) is 2.49. The van der Waals surface area contributed by atoms with Gasteiger partial charge in [-0.25, -0.2) is 0 Å². The van der Waals surface area contributed by atoms with Crippen molar-refractivity contribution in [1.29, 1.82) is 0 Å². The number of thioether (sulfide) groups is 1. The Balaban J connectivity index is 2.23. The van der Waals surface area contributed by atoms with Crippen LogP contribution in [-0.2, 0) is 7.05 Å². The van der Waals surface area contributed by atoms with Crippen molar-refractivity contribution in [2.45, 2.75) is 49.8 Å². The standard InChI is InChI=1S/C12H23N3S/c1-5-6-10(2)13-7-11(3)16-12-8-14-15(4)9-12/h8-11,13H,5-7H2,1-4H3. The van der Waals surface area contributed by atoms with E-state index in [1.807, 2.05) is 29.7 Å². The van der Waals surface area contributed by atoms with Gasteiger partial charge in [-0.2, -0.15) is 5.10 Å². The van der Waals surface area contributed by atoms with Crippen LogP contribution in [0.1, 0.15) is 33.6 Å². The van der Waals surface area contributed by atoms with Crippen LogP contribution in [0.5, 0.6) is 0 Å². The lowest BCUT2D eigenvalue weighted by Gasteiger charge is -2.16. The first-order valence-electron chi connectivity index (χ1n) is 6.00. The molecule has 1 N–H and O–H groups in total. The SMILES string of the molecule is CCCC(C)NCC(C)Sc1cnn(C)c1. The first-order chi connectivity index (χ1) is 7.61. The third-order valence-corrected chi connectivity index (χ3v) is 3.55. The maximum absolute atomic E-state index is 4.17. The average molecular weight is 241 g/mol. The Labute approximate surface area is 103 Å². The maximum Gasteiger partial charge on any atom is 0.0625 e. The Morgan fingerprint density at radius 1 is 1.50 bits per heavy atom. The number of nitrogens with one attached hydrogen (secondary N) is 1. The second-order valence-electron chi connectivity index (χ2n) is 4.38. The fourth-order valence-corrected chi connectivity index (χ4v) is 2.60. The lowest BCUT2D eigenvalue weighted by atomic mass is 10.2. The Hall–Kier alpha value is -0.480. The first kappa shape index (κ1) is 13.6. The first-order valence-corrected chi connectivity index (χ1v) is 6.88. The van der Waals surface area contributed by atoms with Gasteiger partial charge >= 0.3 is 0 Å². The highest BCUT2D eigenvalue weighted by Crippen LogP contribution is 2.21. The summed E-state index contributed by atoms with van der Waals surface area (Å²) in [6, 6.07) is 0.627. The molecule has 4 heteroatoms. The summed E-state index contributed by atoms with van der Waals surface area (Å²) in [6.07, 6.45) is 6.50. The Morgan fingerprint density at radius 2 is 2.25 bits per heavy atom. The van der Waals surface area contributed by atoms with Gasteiger partial charge < -0.3 is 5.32 Å². The lowest BCUT2D eigenvalue weighted by Crippen LogP contribution is -2.31. The minimum atomic E-state index is 0.587. The fourth-order valence-electron chi connectivity index (χ4n) is 1.64. The van der Waals surface area contributed by atoms with Crippen molar-refractivity contribution in [3.63, 3.8) is 0 Å². The molecule has 0 aromatic carbocycles.